The minimum atomic E-state index is 1.09. The normalized spacial score (nSPS) is 10.5. The fourth-order valence-electron chi connectivity index (χ4n) is 2.50. The monoisotopic (exact) mass is 351 g/mol. The van der Waals surface area contributed by atoms with Crippen LogP contribution in [0.1, 0.15) is 11.1 Å². The number of anilines is 3. The van der Waals surface area contributed by atoms with Gasteiger partial charge >= 0.3 is 0 Å². The van der Waals surface area contributed by atoms with E-state index in [1.807, 2.05) is 0 Å². The maximum atomic E-state index is 3.51. The molecule has 0 amide bonds. The third-order valence-corrected chi connectivity index (χ3v) is 4.17. The second-order valence-electron chi connectivity index (χ2n) is 5.49. The molecule has 2 heteroatoms. The van der Waals surface area contributed by atoms with Crippen molar-refractivity contribution in [2.75, 3.05) is 4.90 Å². The van der Waals surface area contributed by atoms with Gasteiger partial charge in [-0.05, 0) is 67.9 Å². The molecule has 0 aliphatic heterocycles. The van der Waals surface area contributed by atoms with Gasteiger partial charge in [-0.3, -0.25) is 0 Å². The second-order valence-corrected chi connectivity index (χ2v) is 6.40. The number of rotatable bonds is 3. The standard InChI is InChI=1S/C20H18BrN/c1-15-6-10-18(11-7-15)22(19-12-8-17(21)9-13-19)20-5-3-4-16(2)14-20/h3-14H,1-2H3. The van der Waals surface area contributed by atoms with Gasteiger partial charge < -0.3 is 4.90 Å². The zero-order chi connectivity index (χ0) is 15.5. The van der Waals surface area contributed by atoms with Crippen LogP contribution in [0.5, 0.6) is 0 Å². The van der Waals surface area contributed by atoms with Gasteiger partial charge in [0.1, 0.15) is 0 Å². The van der Waals surface area contributed by atoms with Crippen LogP contribution < -0.4 is 4.90 Å². The lowest BCUT2D eigenvalue weighted by Crippen LogP contribution is -2.09. The van der Waals surface area contributed by atoms with Gasteiger partial charge in [0.25, 0.3) is 0 Å². The number of aryl methyl sites for hydroxylation is 2. The highest BCUT2D eigenvalue weighted by Gasteiger charge is 2.12. The van der Waals surface area contributed by atoms with Crippen molar-refractivity contribution >= 4 is 33.0 Å². The molecule has 0 radical (unpaired) electrons. The highest BCUT2D eigenvalue weighted by atomic mass is 79.9. The fourth-order valence-corrected chi connectivity index (χ4v) is 2.76. The van der Waals surface area contributed by atoms with Crippen molar-refractivity contribution in [2.45, 2.75) is 13.8 Å². The van der Waals surface area contributed by atoms with E-state index in [4.69, 9.17) is 0 Å². The lowest BCUT2D eigenvalue weighted by Gasteiger charge is -2.26. The van der Waals surface area contributed by atoms with Crippen molar-refractivity contribution < 1.29 is 0 Å². The first-order valence-electron chi connectivity index (χ1n) is 7.32. The molecule has 0 atom stereocenters. The van der Waals surface area contributed by atoms with Crippen molar-refractivity contribution in [3.8, 4) is 0 Å². The Kier molecular flexibility index (Phi) is 4.30. The summed E-state index contributed by atoms with van der Waals surface area (Å²) in [6.45, 7) is 4.23. The van der Waals surface area contributed by atoms with E-state index in [0.29, 0.717) is 0 Å². The van der Waals surface area contributed by atoms with Crippen LogP contribution in [0, 0.1) is 13.8 Å². The number of hydrogen-bond donors (Lipinski definition) is 0. The molecule has 0 saturated heterocycles. The Morgan fingerprint density at radius 2 is 1.23 bits per heavy atom. The average molecular weight is 352 g/mol. The van der Waals surface area contributed by atoms with E-state index in [2.05, 4.69) is 107 Å². The van der Waals surface area contributed by atoms with Gasteiger partial charge in [0.2, 0.25) is 0 Å². The fraction of sp³-hybridized carbons (Fsp3) is 0.100. The Bertz CT molecular complexity index is 715. The van der Waals surface area contributed by atoms with Gasteiger partial charge in [-0.1, -0.05) is 45.8 Å². The predicted octanol–water partition coefficient (Wildman–Crippen LogP) is 6.54. The molecule has 3 aromatic carbocycles. The Morgan fingerprint density at radius 3 is 1.82 bits per heavy atom. The van der Waals surface area contributed by atoms with E-state index in [1.54, 1.807) is 0 Å². The van der Waals surface area contributed by atoms with Gasteiger partial charge in [-0.15, -0.1) is 0 Å². The van der Waals surface area contributed by atoms with Crippen LogP contribution in [0.15, 0.2) is 77.3 Å². The molecule has 0 spiro atoms. The molecule has 0 fully saturated rings. The second kappa shape index (κ2) is 6.37. The number of benzene rings is 3. The summed E-state index contributed by atoms with van der Waals surface area (Å²) in [5.74, 6) is 0. The molecule has 0 saturated carbocycles. The van der Waals surface area contributed by atoms with Crippen LogP contribution in [-0.4, -0.2) is 0 Å². The van der Waals surface area contributed by atoms with Crippen LogP contribution in [0.4, 0.5) is 17.1 Å². The average Bonchev–Trinajstić information content (AvgIpc) is 2.51. The molecule has 0 heterocycles. The SMILES string of the molecule is Cc1ccc(N(c2ccc(Br)cc2)c2cccc(C)c2)cc1. The molecule has 110 valence electrons. The predicted molar refractivity (Wildman–Crippen MR) is 98.3 cm³/mol. The minimum Gasteiger partial charge on any atom is -0.310 e. The van der Waals surface area contributed by atoms with Crippen LogP contribution in [0.25, 0.3) is 0 Å². The molecule has 0 N–H and O–H groups in total. The summed E-state index contributed by atoms with van der Waals surface area (Å²) < 4.78 is 1.09. The highest BCUT2D eigenvalue weighted by Crippen LogP contribution is 2.35. The minimum absolute atomic E-state index is 1.09. The van der Waals surface area contributed by atoms with Gasteiger partial charge in [0, 0.05) is 21.5 Å². The summed E-state index contributed by atoms with van der Waals surface area (Å²) in [5, 5.41) is 0. The van der Waals surface area contributed by atoms with E-state index < -0.39 is 0 Å². The van der Waals surface area contributed by atoms with E-state index in [-0.39, 0.29) is 0 Å². The summed E-state index contributed by atoms with van der Waals surface area (Å²) in [7, 11) is 0. The Hall–Kier alpha value is -2.06. The first kappa shape index (κ1) is 14.9. The summed E-state index contributed by atoms with van der Waals surface area (Å²) >= 11 is 3.51. The molecule has 0 bridgehead atoms. The maximum absolute atomic E-state index is 3.51. The van der Waals surface area contributed by atoms with Crippen molar-refractivity contribution in [2.24, 2.45) is 0 Å². The number of halogens is 1. The third kappa shape index (κ3) is 3.23. The smallest absolute Gasteiger partial charge is 0.0464 e. The van der Waals surface area contributed by atoms with E-state index in [1.165, 1.54) is 22.5 Å². The topological polar surface area (TPSA) is 3.24 Å². The van der Waals surface area contributed by atoms with E-state index in [0.717, 1.165) is 10.2 Å². The number of hydrogen-bond acceptors (Lipinski definition) is 1. The van der Waals surface area contributed by atoms with Gasteiger partial charge in [-0.2, -0.15) is 0 Å². The van der Waals surface area contributed by atoms with Crippen LogP contribution >= 0.6 is 15.9 Å². The molecule has 0 unspecified atom stereocenters. The highest BCUT2D eigenvalue weighted by molar-refractivity contribution is 9.10. The molecular weight excluding hydrogens is 334 g/mol. The summed E-state index contributed by atoms with van der Waals surface area (Å²) in [4.78, 5) is 2.28. The van der Waals surface area contributed by atoms with E-state index in [9.17, 15) is 0 Å². The van der Waals surface area contributed by atoms with Gasteiger partial charge in [-0.25, -0.2) is 0 Å². The van der Waals surface area contributed by atoms with Crippen molar-refractivity contribution in [3.63, 3.8) is 0 Å². The van der Waals surface area contributed by atoms with Gasteiger partial charge in [0.15, 0.2) is 0 Å². The molecule has 0 aliphatic rings. The number of nitrogens with zero attached hydrogens (tertiary/aromatic N) is 1. The first-order chi connectivity index (χ1) is 10.6. The zero-order valence-electron chi connectivity index (χ0n) is 12.8. The Labute approximate surface area is 140 Å². The molecule has 22 heavy (non-hydrogen) atoms. The Morgan fingerprint density at radius 1 is 0.636 bits per heavy atom. The zero-order valence-corrected chi connectivity index (χ0v) is 14.3. The van der Waals surface area contributed by atoms with E-state index >= 15 is 0 Å². The lowest BCUT2D eigenvalue weighted by atomic mass is 10.1. The quantitative estimate of drug-likeness (QED) is 0.518. The summed E-state index contributed by atoms with van der Waals surface area (Å²) in [5.41, 5.74) is 6.01. The summed E-state index contributed by atoms with van der Waals surface area (Å²) in [6, 6.07) is 25.6. The lowest BCUT2D eigenvalue weighted by molar-refractivity contribution is 1.26. The molecule has 3 rings (SSSR count). The molecule has 1 nitrogen and oxygen atoms in total. The summed E-state index contributed by atoms with van der Waals surface area (Å²) in [6.07, 6.45) is 0. The van der Waals surface area contributed by atoms with Crippen LogP contribution in [-0.2, 0) is 0 Å². The van der Waals surface area contributed by atoms with Crippen LogP contribution in [0.3, 0.4) is 0 Å². The van der Waals surface area contributed by atoms with Crippen LogP contribution in [0.2, 0.25) is 0 Å². The Balaban J connectivity index is 2.13. The molecule has 3 aromatic rings. The van der Waals surface area contributed by atoms with Crippen molar-refractivity contribution in [3.05, 3.63) is 88.4 Å². The largest absolute Gasteiger partial charge is 0.310 e. The molecule has 0 aliphatic carbocycles. The molecule has 0 aromatic heterocycles. The third-order valence-electron chi connectivity index (χ3n) is 3.64. The first-order valence-corrected chi connectivity index (χ1v) is 8.12. The van der Waals surface area contributed by atoms with Gasteiger partial charge in [0.05, 0.1) is 0 Å². The van der Waals surface area contributed by atoms with Crippen molar-refractivity contribution in [1.82, 2.24) is 0 Å². The van der Waals surface area contributed by atoms with Crippen molar-refractivity contribution in [1.29, 1.82) is 0 Å². The maximum Gasteiger partial charge on any atom is 0.0464 e. The molecular formula is C20H18BrN.